The van der Waals surface area contributed by atoms with E-state index in [1.54, 1.807) is 17.5 Å². The van der Waals surface area contributed by atoms with Crippen LogP contribution in [0.25, 0.3) is 16.1 Å². The van der Waals surface area contributed by atoms with Crippen LogP contribution in [0.4, 0.5) is 11.6 Å². The monoisotopic (exact) mass is 460 g/mol. The van der Waals surface area contributed by atoms with Gasteiger partial charge in [-0.25, -0.2) is 15.0 Å². The highest BCUT2D eigenvalue weighted by atomic mass is 32.1. The molecule has 8 heteroatoms. The van der Waals surface area contributed by atoms with Crippen molar-refractivity contribution in [3.8, 4) is 10.6 Å². The van der Waals surface area contributed by atoms with Crippen molar-refractivity contribution in [1.29, 1.82) is 0 Å². The van der Waals surface area contributed by atoms with Crippen molar-refractivity contribution in [2.24, 2.45) is 4.99 Å². The molecule has 1 aliphatic rings. The normalized spacial score (nSPS) is 15.6. The zero-order valence-electron chi connectivity index (χ0n) is 19.3. The number of hydrogen-bond acceptors (Lipinski definition) is 7. The molecule has 0 radical (unpaired) electrons. The summed E-state index contributed by atoms with van der Waals surface area (Å²) in [5, 5.41) is 7.10. The summed E-state index contributed by atoms with van der Waals surface area (Å²) in [6, 6.07) is 10.0. The van der Waals surface area contributed by atoms with Crippen LogP contribution in [0.5, 0.6) is 0 Å². The summed E-state index contributed by atoms with van der Waals surface area (Å²) in [6.45, 7) is 8.33. The molecule has 0 aliphatic carbocycles. The molecule has 0 spiro atoms. The van der Waals surface area contributed by atoms with Gasteiger partial charge < -0.3 is 10.6 Å². The van der Waals surface area contributed by atoms with E-state index in [4.69, 9.17) is 15.0 Å². The molecular weight excluding hydrogens is 432 g/mol. The molecule has 1 unspecified atom stereocenters. The van der Waals surface area contributed by atoms with Crippen molar-refractivity contribution in [3.63, 3.8) is 0 Å². The molecule has 3 heterocycles. The number of aliphatic imine (C=N–C) groups is 1. The zero-order chi connectivity index (χ0) is 23.4. The Balaban J connectivity index is 1.52. The van der Waals surface area contributed by atoms with Crippen LogP contribution in [0.2, 0.25) is 0 Å². The Morgan fingerprint density at radius 2 is 1.97 bits per heavy atom. The first-order valence-electron chi connectivity index (χ1n) is 11.1. The van der Waals surface area contributed by atoms with E-state index in [-0.39, 0.29) is 11.9 Å². The minimum Gasteiger partial charge on any atom is -0.352 e. The first-order chi connectivity index (χ1) is 15.9. The fourth-order valence-corrected chi connectivity index (χ4v) is 4.73. The molecule has 7 nitrogen and oxygen atoms in total. The molecule has 2 N–H and O–H groups in total. The summed E-state index contributed by atoms with van der Waals surface area (Å²) in [7, 11) is 0. The second-order valence-corrected chi connectivity index (χ2v) is 9.13. The number of carbonyl (C=O) groups excluding carboxylic acids is 1. The van der Waals surface area contributed by atoms with E-state index >= 15 is 0 Å². The first kappa shape index (κ1) is 22.8. The van der Waals surface area contributed by atoms with E-state index in [2.05, 4.69) is 35.5 Å². The number of hydrogen-bond donors (Lipinski definition) is 2. The van der Waals surface area contributed by atoms with E-state index < -0.39 is 0 Å². The first-order valence-corrected chi connectivity index (χ1v) is 11.9. The lowest BCUT2D eigenvalue weighted by atomic mass is 10.0. The predicted molar refractivity (Wildman–Crippen MR) is 135 cm³/mol. The topological polar surface area (TPSA) is 92.2 Å². The van der Waals surface area contributed by atoms with Gasteiger partial charge in [0.05, 0.1) is 22.3 Å². The van der Waals surface area contributed by atoms with Crippen LogP contribution in [-0.2, 0) is 11.3 Å². The number of anilines is 2. The van der Waals surface area contributed by atoms with Crippen molar-refractivity contribution in [3.05, 3.63) is 58.9 Å². The van der Waals surface area contributed by atoms with Gasteiger partial charge in [0.15, 0.2) is 0 Å². The van der Waals surface area contributed by atoms with Crippen LogP contribution in [0.1, 0.15) is 49.9 Å². The lowest BCUT2D eigenvalue weighted by Crippen LogP contribution is -2.18. The molecule has 1 aliphatic heterocycles. The molecule has 4 rings (SSSR count). The Morgan fingerprint density at radius 1 is 1.18 bits per heavy atom. The van der Waals surface area contributed by atoms with Gasteiger partial charge in [0.25, 0.3) is 0 Å². The quantitative estimate of drug-likeness (QED) is 0.498. The van der Waals surface area contributed by atoms with Crippen molar-refractivity contribution < 1.29 is 4.79 Å². The summed E-state index contributed by atoms with van der Waals surface area (Å²) >= 11 is 1.67. The maximum Gasteiger partial charge on any atom is 0.227 e. The summed E-state index contributed by atoms with van der Waals surface area (Å²) in [5.41, 5.74) is 6.12. The summed E-state index contributed by atoms with van der Waals surface area (Å²) in [6.07, 6.45) is 5.79. The average molecular weight is 461 g/mol. The third-order valence-electron chi connectivity index (χ3n) is 5.32. The van der Waals surface area contributed by atoms with Crippen LogP contribution in [0, 0.1) is 6.92 Å². The Labute approximate surface area is 198 Å². The Morgan fingerprint density at radius 3 is 2.70 bits per heavy atom. The lowest BCUT2D eigenvalue weighted by molar-refractivity contribution is -0.119. The van der Waals surface area contributed by atoms with E-state index in [1.165, 1.54) is 12.5 Å². The fourth-order valence-electron chi connectivity index (χ4n) is 3.67. The molecule has 0 saturated carbocycles. The maximum atomic E-state index is 11.1. The number of amides is 1. The predicted octanol–water partition coefficient (Wildman–Crippen LogP) is 5.31. The summed E-state index contributed by atoms with van der Waals surface area (Å²) < 4.78 is 0. The standard InChI is InChI=1S/C25H28N6OS/c1-5-20-13-19(12-15(2)28-20)24-29-16(3)23(33-24)22-10-11-26-25(31-22)30-21-8-6-18(7-9-21)14-27-17(4)32/h6-11,13,15H,5,12,14H2,1-4H3,(H,27,32)(H,26,30,31). The lowest BCUT2D eigenvalue weighted by Gasteiger charge is -2.16. The zero-order valence-corrected chi connectivity index (χ0v) is 20.2. The summed E-state index contributed by atoms with van der Waals surface area (Å²) in [4.78, 5) is 30.8. The molecule has 2 aromatic heterocycles. The van der Waals surface area contributed by atoms with E-state index in [9.17, 15) is 4.79 Å². The highest BCUT2D eigenvalue weighted by Gasteiger charge is 2.19. The van der Waals surface area contributed by atoms with Gasteiger partial charge in [0.2, 0.25) is 11.9 Å². The minimum absolute atomic E-state index is 0.0443. The molecular formula is C25H28N6OS. The molecule has 0 bridgehead atoms. The highest BCUT2D eigenvalue weighted by molar-refractivity contribution is 7.16. The van der Waals surface area contributed by atoms with Gasteiger partial charge in [-0.3, -0.25) is 9.79 Å². The van der Waals surface area contributed by atoms with E-state index in [0.717, 1.165) is 51.1 Å². The molecule has 33 heavy (non-hydrogen) atoms. The van der Waals surface area contributed by atoms with Gasteiger partial charge >= 0.3 is 0 Å². The number of thiazole rings is 1. The van der Waals surface area contributed by atoms with Crippen molar-refractivity contribution >= 4 is 40.2 Å². The number of dihydropyridines is 1. The number of rotatable bonds is 7. The largest absolute Gasteiger partial charge is 0.352 e. The molecule has 0 saturated heterocycles. The van der Waals surface area contributed by atoms with E-state index in [1.807, 2.05) is 37.3 Å². The Kier molecular flexibility index (Phi) is 6.93. The Hall–Kier alpha value is -3.39. The highest BCUT2D eigenvalue weighted by Crippen LogP contribution is 2.35. The van der Waals surface area contributed by atoms with Crippen molar-refractivity contribution in [2.45, 2.75) is 53.1 Å². The molecule has 1 atom stereocenters. The number of nitrogens with one attached hydrogen (secondary N) is 2. The SMILES string of the molecule is CCC1=NC(C)CC(c2nc(C)c(-c3ccnc(Nc4ccc(CNC(C)=O)cc4)n3)s2)=C1. The average Bonchev–Trinajstić information content (AvgIpc) is 3.20. The minimum atomic E-state index is -0.0443. The van der Waals surface area contributed by atoms with Crippen LogP contribution in [0.3, 0.4) is 0 Å². The van der Waals surface area contributed by atoms with Gasteiger partial charge in [-0.15, -0.1) is 11.3 Å². The van der Waals surface area contributed by atoms with Crippen LogP contribution in [-0.4, -0.2) is 32.6 Å². The second-order valence-electron chi connectivity index (χ2n) is 8.13. The molecule has 170 valence electrons. The Bertz CT molecular complexity index is 1210. The maximum absolute atomic E-state index is 11.1. The van der Waals surface area contributed by atoms with Crippen LogP contribution < -0.4 is 10.6 Å². The van der Waals surface area contributed by atoms with Crippen molar-refractivity contribution in [2.75, 3.05) is 5.32 Å². The van der Waals surface area contributed by atoms with Gasteiger partial charge in [0.1, 0.15) is 5.01 Å². The van der Waals surface area contributed by atoms with Crippen molar-refractivity contribution in [1.82, 2.24) is 20.3 Å². The van der Waals surface area contributed by atoms with Gasteiger partial charge in [-0.2, -0.15) is 0 Å². The third kappa shape index (κ3) is 5.70. The number of aromatic nitrogens is 3. The third-order valence-corrected chi connectivity index (χ3v) is 6.57. The molecule has 1 aromatic carbocycles. The number of aryl methyl sites for hydroxylation is 1. The van der Waals surface area contributed by atoms with E-state index in [0.29, 0.717) is 12.5 Å². The van der Waals surface area contributed by atoms with Gasteiger partial charge in [-0.1, -0.05) is 19.1 Å². The number of carbonyl (C=O) groups is 1. The number of benzene rings is 1. The fraction of sp³-hybridized carbons (Fsp3) is 0.320. The summed E-state index contributed by atoms with van der Waals surface area (Å²) in [5.74, 6) is 0.486. The molecule has 0 fully saturated rings. The van der Waals surface area contributed by atoms with Crippen LogP contribution in [0.15, 0.2) is 47.6 Å². The van der Waals surface area contributed by atoms with Gasteiger partial charge in [0, 0.05) is 31.1 Å². The van der Waals surface area contributed by atoms with Crippen LogP contribution >= 0.6 is 11.3 Å². The second kappa shape index (κ2) is 10.0. The molecule has 1 amide bonds. The smallest absolute Gasteiger partial charge is 0.227 e. The number of allylic oxidation sites excluding steroid dienone is 1. The van der Waals surface area contributed by atoms with Gasteiger partial charge in [-0.05, 0) is 62.1 Å². The number of nitrogens with zero attached hydrogens (tertiary/aromatic N) is 4. The molecule has 3 aromatic rings.